The zero-order chi connectivity index (χ0) is 7.66. The van der Waals surface area contributed by atoms with Crippen LogP contribution in [0.15, 0.2) is 0 Å². The Hall–Kier alpha value is -0.110. The fraction of sp³-hybridized carbons (Fsp3) is 1.00. The van der Waals surface area contributed by atoms with Crippen molar-refractivity contribution in [2.24, 2.45) is 0 Å². The van der Waals surface area contributed by atoms with Crippen molar-refractivity contribution in [2.45, 2.75) is 45.4 Å². The first-order valence-electron chi connectivity index (χ1n) is 4.25. The highest BCUT2D eigenvalue weighted by molar-refractivity contribution is 4.43. The van der Waals surface area contributed by atoms with Crippen LogP contribution in [0.5, 0.6) is 0 Å². The highest BCUT2D eigenvalue weighted by Crippen LogP contribution is 2.03. The van der Waals surface area contributed by atoms with Crippen molar-refractivity contribution < 1.29 is 4.48 Å². The molecule has 0 amide bonds. The van der Waals surface area contributed by atoms with Gasteiger partial charge in [0.15, 0.2) is 0 Å². The molecule has 0 aliphatic heterocycles. The summed E-state index contributed by atoms with van der Waals surface area (Å²) < 4.78 is 11.3. The lowest BCUT2D eigenvalue weighted by Gasteiger charge is -1.97. The quantitative estimate of drug-likeness (QED) is 0.431. The molecule has 0 unspecified atom stereocenters. The fourth-order valence-electron chi connectivity index (χ4n) is 0.972. The highest BCUT2D eigenvalue weighted by atomic mass is 19.2. The lowest BCUT2D eigenvalue weighted by atomic mass is 10.1. The summed E-state index contributed by atoms with van der Waals surface area (Å²) in [6, 6.07) is 0. The molecule has 62 valence electrons. The predicted octanol–water partition coefficient (Wildman–Crippen LogP) is 2.82. The smallest absolute Gasteiger partial charge is 0.0259 e. The molecule has 0 fully saturated rings. The topological polar surface area (TPSA) is 12.0 Å². The predicted molar refractivity (Wildman–Crippen MR) is 42.5 cm³/mol. The Bertz CT molecular complexity index is 49.2. The molecule has 0 aromatic heterocycles. The monoisotopic (exact) mass is 147 g/mol. The van der Waals surface area contributed by atoms with E-state index < -0.39 is 0 Å². The van der Waals surface area contributed by atoms with Crippen molar-refractivity contribution in [1.82, 2.24) is 5.54 Å². The van der Waals surface area contributed by atoms with Crippen LogP contribution in [0.3, 0.4) is 0 Å². The summed E-state index contributed by atoms with van der Waals surface area (Å²) in [6.07, 6.45) is 7.31. The molecule has 0 rings (SSSR count). The van der Waals surface area contributed by atoms with Gasteiger partial charge in [-0.3, -0.25) is 0 Å². The molecule has 1 nitrogen and oxygen atoms in total. The van der Waals surface area contributed by atoms with Gasteiger partial charge in [-0.2, -0.15) is 5.54 Å². The summed E-state index contributed by atoms with van der Waals surface area (Å²) in [7, 11) is 0. The first-order valence-corrected chi connectivity index (χ1v) is 4.25. The summed E-state index contributed by atoms with van der Waals surface area (Å²) >= 11 is 0. The number of halogens is 1. The lowest BCUT2D eigenvalue weighted by molar-refractivity contribution is 0.327. The number of hydrogen-bond donors (Lipinski definition) is 1. The SMILES string of the molecule is CCCCCCCCNF. The van der Waals surface area contributed by atoms with Gasteiger partial charge in [-0.1, -0.05) is 39.0 Å². The molecule has 0 heterocycles. The first-order chi connectivity index (χ1) is 4.91. The minimum atomic E-state index is 0.520. The molecule has 0 saturated heterocycles. The summed E-state index contributed by atoms with van der Waals surface area (Å²) in [5.41, 5.74) is 1.66. The van der Waals surface area contributed by atoms with E-state index in [9.17, 15) is 4.48 Å². The molecular formula is C8H18FN. The van der Waals surface area contributed by atoms with E-state index in [1.54, 1.807) is 5.54 Å². The molecule has 0 bridgehead atoms. The van der Waals surface area contributed by atoms with Gasteiger partial charge < -0.3 is 0 Å². The van der Waals surface area contributed by atoms with E-state index in [2.05, 4.69) is 6.92 Å². The minimum Gasteiger partial charge on any atom is -0.159 e. The summed E-state index contributed by atoms with van der Waals surface area (Å²) in [5.74, 6) is 0. The van der Waals surface area contributed by atoms with Crippen molar-refractivity contribution in [2.75, 3.05) is 6.54 Å². The van der Waals surface area contributed by atoms with Crippen LogP contribution in [0.2, 0.25) is 0 Å². The third-order valence-electron chi connectivity index (χ3n) is 1.62. The molecule has 0 spiro atoms. The van der Waals surface area contributed by atoms with Gasteiger partial charge in [0.1, 0.15) is 0 Å². The maximum Gasteiger partial charge on any atom is 0.0259 e. The Morgan fingerprint density at radius 3 is 2.20 bits per heavy atom. The van der Waals surface area contributed by atoms with E-state index in [-0.39, 0.29) is 0 Å². The Kier molecular flexibility index (Phi) is 8.79. The van der Waals surface area contributed by atoms with E-state index in [0.717, 1.165) is 12.8 Å². The third-order valence-corrected chi connectivity index (χ3v) is 1.62. The van der Waals surface area contributed by atoms with Gasteiger partial charge in [0.2, 0.25) is 0 Å². The van der Waals surface area contributed by atoms with Crippen molar-refractivity contribution >= 4 is 0 Å². The van der Waals surface area contributed by atoms with Gasteiger partial charge in [-0.05, 0) is 6.42 Å². The summed E-state index contributed by atoms with van der Waals surface area (Å²) in [5, 5.41) is 0. The average Bonchev–Trinajstić information content (AvgIpc) is 1.97. The second-order valence-corrected chi connectivity index (χ2v) is 2.65. The molecule has 10 heavy (non-hydrogen) atoms. The zero-order valence-corrected chi connectivity index (χ0v) is 6.83. The number of nitrogens with one attached hydrogen (secondary N) is 1. The van der Waals surface area contributed by atoms with Crippen LogP contribution in [0.4, 0.5) is 4.48 Å². The Labute approximate surface area is 62.9 Å². The second kappa shape index (κ2) is 8.89. The van der Waals surface area contributed by atoms with Crippen LogP contribution >= 0.6 is 0 Å². The van der Waals surface area contributed by atoms with Gasteiger partial charge in [-0.25, -0.2) is 0 Å². The molecule has 0 saturated carbocycles. The van der Waals surface area contributed by atoms with E-state index in [4.69, 9.17) is 0 Å². The van der Waals surface area contributed by atoms with Gasteiger partial charge >= 0.3 is 0 Å². The molecule has 0 aromatic rings. The summed E-state index contributed by atoms with van der Waals surface area (Å²) in [6.45, 7) is 2.72. The molecule has 0 aromatic carbocycles. The standard InChI is InChI=1S/C8H18FN/c1-2-3-4-5-6-7-8-10-9/h10H,2-8H2,1H3. The van der Waals surface area contributed by atoms with Crippen LogP contribution in [-0.4, -0.2) is 6.54 Å². The zero-order valence-electron chi connectivity index (χ0n) is 6.83. The van der Waals surface area contributed by atoms with E-state index in [0.29, 0.717) is 6.54 Å². The highest BCUT2D eigenvalue weighted by Gasteiger charge is 1.88. The minimum absolute atomic E-state index is 0.520. The lowest BCUT2D eigenvalue weighted by Crippen LogP contribution is -2.01. The number of unbranched alkanes of at least 4 members (excludes halogenated alkanes) is 5. The molecule has 1 N–H and O–H groups in total. The second-order valence-electron chi connectivity index (χ2n) is 2.65. The number of rotatable bonds is 7. The van der Waals surface area contributed by atoms with Crippen molar-refractivity contribution in [3.63, 3.8) is 0 Å². The first kappa shape index (κ1) is 9.89. The van der Waals surface area contributed by atoms with E-state index in [1.807, 2.05) is 0 Å². The Morgan fingerprint density at radius 1 is 1.00 bits per heavy atom. The van der Waals surface area contributed by atoms with E-state index >= 15 is 0 Å². The maximum absolute atomic E-state index is 11.3. The van der Waals surface area contributed by atoms with Crippen LogP contribution in [-0.2, 0) is 0 Å². The van der Waals surface area contributed by atoms with Gasteiger partial charge in [-0.15, -0.1) is 4.48 Å². The Balaban J connectivity index is 2.65. The van der Waals surface area contributed by atoms with Crippen LogP contribution < -0.4 is 5.54 Å². The number of hydrogen-bond acceptors (Lipinski definition) is 1. The molecule has 0 aliphatic rings. The normalized spacial score (nSPS) is 10.2. The molecule has 0 atom stereocenters. The van der Waals surface area contributed by atoms with Gasteiger partial charge in [0.05, 0.1) is 0 Å². The largest absolute Gasteiger partial charge is 0.159 e. The van der Waals surface area contributed by atoms with Gasteiger partial charge in [0, 0.05) is 6.54 Å². The van der Waals surface area contributed by atoms with Crippen molar-refractivity contribution in [3.05, 3.63) is 0 Å². The summed E-state index contributed by atoms with van der Waals surface area (Å²) in [4.78, 5) is 0. The van der Waals surface area contributed by atoms with Crippen LogP contribution in [0.1, 0.15) is 45.4 Å². The third kappa shape index (κ3) is 7.89. The molecule has 2 heteroatoms. The molecule has 0 radical (unpaired) electrons. The Morgan fingerprint density at radius 2 is 1.60 bits per heavy atom. The molecule has 0 aliphatic carbocycles. The van der Waals surface area contributed by atoms with Crippen molar-refractivity contribution in [3.8, 4) is 0 Å². The van der Waals surface area contributed by atoms with Crippen LogP contribution in [0.25, 0.3) is 0 Å². The fourth-order valence-corrected chi connectivity index (χ4v) is 0.972. The van der Waals surface area contributed by atoms with E-state index in [1.165, 1.54) is 25.7 Å². The van der Waals surface area contributed by atoms with Crippen LogP contribution in [0, 0.1) is 0 Å². The van der Waals surface area contributed by atoms with Crippen molar-refractivity contribution in [1.29, 1.82) is 0 Å². The van der Waals surface area contributed by atoms with Gasteiger partial charge in [0.25, 0.3) is 0 Å². The maximum atomic E-state index is 11.3. The molecular weight excluding hydrogens is 129 g/mol. The average molecular weight is 147 g/mol.